The molecule has 0 radical (unpaired) electrons. The lowest BCUT2D eigenvalue weighted by Gasteiger charge is -2.36. The van der Waals surface area contributed by atoms with E-state index in [1.807, 2.05) is 17.0 Å². The Labute approximate surface area is 251 Å². The Morgan fingerprint density at radius 2 is 1.72 bits per heavy atom. The van der Waals surface area contributed by atoms with Gasteiger partial charge < -0.3 is 14.6 Å². The van der Waals surface area contributed by atoms with Gasteiger partial charge >= 0.3 is 5.97 Å². The van der Waals surface area contributed by atoms with Crippen LogP contribution in [-0.4, -0.2) is 69.9 Å². The average Bonchev–Trinajstić information content (AvgIpc) is 3.86. The van der Waals surface area contributed by atoms with Gasteiger partial charge in [0.1, 0.15) is 11.4 Å². The predicted octanol–water partition coefficient (Wildman–Crippen LogP) is 4.18. The van der Waals surface area contributed by atoms with Crippen LogP contribution in [0.3, 0.4) is 0 Å². The van der Waals surface area contributed by atoms with Crippen molar-refractivity contribution in [1.82, 2.24) is 19.9 Å². The first-order chi connectivity index (χ1) is 20.8. The van der Waals surface area contributed by atoms with Crippen molar-refractivity contribution < 1.29 is 19.1 Å². The van der Waals surface area contributed by atoms with Gasteiger partial charge in [-0.15, -0.1) is 0 Å². The summed E-state index contributed by atoms with van der Waals surface area (Å²) in [5.41, 5.74) is 4.40. The van der Waals surface area contributed by atoms with Crippen molar-refractivity contribution in [2.24, 2.45) is 5.10 Å². The molecule has 1 amide bonds. The normalized spacial score (nSPS) is 16.0. The zero-order chi connectivity index (χ0) is 30.1. The van der Waals surface area contributed by atoms with Crippen LogP contribution in [0.25, 0.3) is 10.9 Å². The fourth-order valence-electron chi connectivity index (χ4n) is 5.29. The first kappa shape index (κ1) is 28.5. The van der Waals surface area contributed by atoms with E-state index in [2.05, 4.69) is 20.4 Å². The highest BCUT2D eigenvalue weighted by molar-refractivity contribution is 6.30. The second-order valence-electron chi connectivity index (χ2n) is 10.6. The fraction of sp³-hybridized carbons (Fsp3) is 0.258. The van der Waals surface area contributed by atoms with Crippen LogP contribution in [0.2, 0.25) is 5.02 Å². The molecule has 220 valence electrons. The maximum absolute atomic E-state index is 15.4. The van der Waals surface area contributed by atoms with Gasteiger partial charge in [0, 0.05) is 73.3 Å². The minimum absolute atomic E-state index is 0.0734. The Hall–Kier alpha value is -4.61. The molecule has 0 atom stereocenters. The zero-order valence-electron chi connectivity index (χ0n) is 23.0. The molecule has 43 heavy (non-hydrogen) atoms. The number of amides is 1. The second kappa shape index (κ2) is 11.9. The van der Waals surface area contributed by atoms with Crippen molar-refractivity contribution in [1.29, 1.82) is 0 Å². The molecule has 6 rings (SSSR count). The van der Waals surface area contributed by atoms with Gasteiger partial charge in [0.2, 0.25) is 5.43 Å². The molecular weight excluding hydrogens is 575 g/mol. The lowest BCUT2D eigenvalue weighted by molar-refractivity contribution is 0.0694. The van der Waals surface area contributed by atoms with Crippen LogP contribution in [0.15, 0.2) is 77.0 Å². The first-order valence-electron chi connectivity index (χ1n) is 13.9. The maximum Gasteiger partial charge on any atom is 0.341 e. The van der Waals surface area contributed by atoms with Crippen molar-refractivity contribution in [2.75, 3.05) is 37.6 Å². The molecule has 1 aliphatic carbocycles. The van der Waals surface area contributed by atoms with E-state index in [0.29, 0.717) is 60.2 Å². The SMILES string of the molecule is O=C(N/N=C(/CN1CCN(c2cc3c(cc2F)c(=O)c(C(=O)O)cn3C2CC2)CC1)c1ccc(Cl)cc1)c1ccncc1. The third kappa shape index (κ3) is 6.13. The summed E-state index contributed by atoms with van der Waals surface area (Å²) in [7, 11) is 0. The van der Waals surface area contributed by atoms with Gasteiger partial charge in [-0.2, -0.15) is 5.10 Å². The Balaban J connectivity index is 1.21. The molecule has 4 aromatic rings. The molecule has 2 aliphatic rings. The number of pyridine rings is 2. The molecule has 2 N–H and O–H groups in total. The van der Waals surface area contributed by atoms with Gasteiger partial charge in [-0.25, -0.2) is 14.6 Å². The van der Waals surface area contributed by atoms with Crippen molar-refractivity contribution in [3.05, 3.63) is 105 Å². The Bertz CT molecular complexity index is 1780. The van der Waals surface area contributed by atoms with Crippen LogP contribution in [0.4, 0.5) is 10.1 Å². The molecule has 1 saturated carbocycles. The number of halogens is 2. The number of fused-ring (bicyclic) bond motifs is 1. The van der Waals surface area contributed by atoms with Crippen LogP contribution in [-0.2, 0) is 0 Å². The Morgan fingerprint density at radius 1 is 1.02 bits per heavy atom. The highest BCUT2D eigenvalue weighted by atomic mass is 35.5. The van der Waals surface area contributed by atoms with Crippen LogP contribution < -0.4 is 15.8 Å². The van der Waals surface area contributed by atoms with Crippen LogP contribution >= 0.6 is 11.6 Å². The molecule has 2 aromatic heterocycles. The molecule has 1 aliphatic heterocycles. The second-order valence-corrected chi connectivity index (χ2v) is 11.1. The van der Waals surface area contributed by atoms with Gasteiger partial charge in [-0.3, -0.25) is 19.5 Å². The number of carbonyl (C=O) groups excluding carboxylic acids is 1. The van der Waals surface area contributed by atoms with Gasteiger partial charge in [-0.05, 0) is 54.8 Å². The molecule has 0 unspecified atom stereocenters. The summed E-state index contributed by atoms with van der Waals surface area (Å²) in [5, 5.41) is 14.6. The Morgan fingerprint density at radius 3 is 2.37 bits per heavy atom. The minimum atomic E-state index is -1.32. The molecule has 2 aromatic carbocycles. The summed E-state index contributed by atoms with van der Waals surface area (Å²) in [6, 6.07) is 13.4. The van der Waals surface area contributed by atoms with Crippen LogP contribution in [0.1, 0.15) is 45.2 Å². The fourth-order valence-corrected chi connectivity index (χ4v) is 5.41. The van der Waals surface area contributed by atoms with Crippen molar-refractivity contribution in [2.45, 2.75) is 18.9 Å². The number of aromatic carboxylic acids is 1. The molecule has 1 saturated heterocycles. The van der Waals surface area contributed by atoms with E-state index in [1.165, 1.54) is 24.7 Å². The number of anilines is 1. The van der Waals surface area contributed by atoms with Gasteiger partial charge in [0.05, 0.1) is 16.9 Å². The third-order valence-corrected chi connectivity index (χ3v) is 8.02. The van der Waals surface area contributed by atoms with Gasteiger partial charge in [-0.1, -0.05) is 23.7 Å². The summed E-state index contributed by atoms with van der Waals surface area (Å²) < 4.78 is 17.2. The number of hydrogen-bond acceptors (Lipinski definition) is 7. The van der Waals surface area contributed by atoms with E-state index < -0.39 is 17.2 Å². The lowest BCUT2D eigenvalue weighted by atomic mass is 10.1. The number of rotatable bonds is 8. The van der Waals surface area contributed by atoms with Crippen molar-refractivity contribution >= 4 is 45.8 Å². The minimum Gasteiger partial charge on any atom is -0.477 e. The Kier molecular flexibility index (Phi) is 7.92. The monoisotopic (exact) mass is 602 g/mol. The van der Waals surface area contributed by atoms with E-state index in [-0.39, 0.29) is 22.9 Å². The molecule has 0 spiro atoms. The third-order valence-electron chi connectivity index (χ3n) is 7.77. The number of carboxylic acid groups (broad SMARTS) is 1. The number of piperazine rings is 1. The summed E-state index contributed by atoms with van der Waals surface area (Å²) in [6.07, 6.45) is 6.21. The van der Waals surface area contributed by atoms with E-state index in [4.69, 9.17) is 11.6 Å². The molecule has 0 bridgehead atoms. The highest BCUT2D eigenvalue weighted by Crippen LogP contribution is 2.38. The number of hydrazone groups is 1. The summed E-state index contributed by atoms with van der Waals surface area (Å²) in [5.74, 6) is -2.24. The summed E-state index contributed by atoms with van der Waals surface area (Å²) in [4.78, 5) is 45.1. The number of hydrogen-bond donors (Lipinski definition) is 2. The van der Waals surface area contributed by atoms with Crippen molar-refractivity contribution in [3.63, 3.8) is 0 Å². The van der Waals surface area contributed by atoms with E-state index in [0.717, 1.165) is 18.4 Å². The average molecular weight is 603 g/mol. The van der Waals surface area contributed by atoms with Crippen molar-refractivity contribution in [3.8, 4) is 0 Å². The highest BCUT2D eigenvalue weighted by Gasteiger charge is 2.29. The van der Waals surface area contributed by atoms with E-state index in [1.54, 1.807) is 34.9 Å². The molecular formula is C31H28ClFN6O4. The number of nitrogens with one attached hydrogen (secondary N) is 1. The van der Waals surface area contributed by atoms with Crippen LogP contribution in [0.5, 0.6) is 0 Å². The predicted molar refractivity (Wildman–Crippen MR) is 162 cm³/mol. The van der Waals surface area contributed by atoms with Gasteiger partial charge in [0.25, 0.3) is 5.91 Å². The number of benzene rings is 2. The molecule has 2 fully saturated rings. The summed E-state index contributed by atoms with van der Waals surface area (Å²) >= 11 is 6.09. The summed E-state index contributed by atoms with van der Waals surface area (Å²) in [6.45, 7) is 2.65. The topological polar surface area (TPSA) is 120 Å². The van der Waals surface area contributed by atoms with Crippen LogP contribution in [0, 0.1) is 5.82 Å². The van der Waals surface area contributed by atoms with E-state index in [9.17, 15) is 19.5 Å². The number of carboxylic acids is 1. The van der Waals surface area contributed by atoms with E-state index >= 15 is 4.39 Å². The lowest BCUT2D eigenvalue weighted by Crippen LogP contribution is -2.48. The smallest absolute Gasteiger partial charge is 0.341 e. The number of carbonyl (C=O) groups is 2. The zero-order valence-corrected chi connectivity index (χ0v) is 23.8. The molecule has 10 nitrogen and oxygen atoms in total. The quantitative estimate of drug-likeness (QED) is 0.229. The number of aromatic nitrogens is 2. The number of nitrogens with zero attached hydrogens (tertiary/aromatic N) is 5. The van der Waals surface area contributed by atoms with Gasteiger partial charge in [0.15, 0.2) is 0 Å². The largest absolute Gasteiger partial charge is 0.477 e. The molecule has 3 heterocycles. The maximum atomic E-state index is 15.4. The standard InChI is InChI=1S/C31H28ClFN6O4/c32-21-3-1-19(2-4-21)26(35-36-30(41)20-7-9-34-10-8-20)18-37-11-13-38(14-12-37)28-16-27-23(15-25(28)33)29(40)24(31(42)43)17-39(27)22-5-6-22/h1-4,7-10,15-17,22H,5-6,11-14,18H2,(H,36,41)(H,42,43)/b35-26-. The molecule has 12 heteroatoms. The first-order valence-corrected chi connectivity index (χ1v) is 14.3.